The van der Waals surface area contributed by atoms with E-state index in [4.69, 9.17) is 0 Å². The number of hydrogen-bond acceptors (Lipinski definition) is 4. The molecule has 0 saturated carbocycles. The van der Waals surface area contributed by atoms with E-state index in [1.54, 1.807) is 24.5 Å². The van der Waals surface area contributed by atoms with Crippen molar-refractivity contribution in [3.05, 3.63) is 84.4 Å². The van der Waals surface area contributed by atoms with Crippen LogP contribution in [0, 0.1) is 5.82 Å². The molecule has 0 unspecified atom stereocenters. The van der Waals surface area contributed by atoms with E-state index >= 15 is 0 Å². The molecule has 1 amide bonds. The molecule has 0 radical (unpaired) electrons. The molecule has 8 heteroatoms. The summed E-state index contributed by atoms with van der Waals surface area (Å²) in [6.45, 7) is 1.36. The lowest BCUT2D eigenvalue weighted by Gasteiger charge is -2.24. The summed E-state index contributed by atoms with van der Waals surface area (Å²) in [6, 6.07) is 14.7. The number of benzene rings is 2. The third kappa shape index (κ3) is 4.52. The van der Waals surface area contributed by atoms with Gasteiger partial charge in [0.2, 0.25) is 5.91 Å². The molecule has 3 aromatic rings. The standard InChI is InChI=1S/C20H18FN3O3S/c1-15(25)23-18-7-9-20(10-8-18)28(26,27)24(14-16-4-3-11-22-13-16)19-6-2-5-17(21)12-19/h2-13H,14H2,1H3,(H,23,25). The Hall–Kier alpha value is -3.26. The second-order valence-electron chi connectivity index (χ2n) is 6.06. The van der Waals surface area contributed by atoms with Crippen molar-refractivity contribution >= 4 is 27.3 Å². The maximum Gasteiger partial charge on any atom is 0.264 e. The first-order chi connectivity index (χ1) is 13.4. The number of pyridine rings is 1. The molecule has 0 aliphatic carbocycles. The van der Waals surface area contributed by atoms with Crippen molar-refractivity contribution < 1.29 is 17.6 Å². The fourth-order valence-corrected chi connectivity index (χ4v) is 4.09. The number of anilines is 2. The lowest BCUT2D eigenvalue weighted by molar-refractivity contribution is -0.114. The van der Waals surface area contributed by atoms with E-state index in [9.17, 15) is 17.6 Å². The predicted molar refractivity (Wildman–Crippen MR) is 105 cm³/mol. The molecule has 144 valence electrons. The monoisotopic (exact) mass is 399 g/mol. The molecule has 0 fully saturated rings. The van der Waals surface area contributed by atoms with Gasteiger partial charge in [0.25, 0.3) is 10.0 Å². The highest BCUT2D eigenvalue weighted by molar-refractivity contribution is 7.92. The summed E-state index contributed by atoms with van der Waals surface area (Å²) < 4.78 is 41.4. The molecule has 0 bridgehead atoms. The van der Waals surface area contributed by atoms with Crippen LogP contribution < -0.4 is 9.62 Å². The van der Waals surface area contributed by atoms with Gasteiger partial charge in [-0.2, -0.15) is 0 Å². The van der Waals surface area contributed by atoms with Crippen LogP contribution in [-0.4, -0.2) is 19.3 Å². The highest BCUT2D eigenvalue weighted by atomic mass is 32.2. The summed E-state index contributed by atoms with van der Waals surface area (Å²) in [4.78, 5) is 15.2. The van der Waals surface area contributed by atoms with Crippen LogP contribution in [0.15, 0.2) is 78.0 Å². The summed E-state index contributed by atoms with van der Waals surface area (Å²) in [5.41, 5.74) is 1.34. The van der Waals surface area contributed by atoms with E-state index in [-0.39, 0.29) is 23.0 Å². The van der Waals surface area contributed by atoms with Crippen LogP contribution in [0.5, 0.6) is 0 Å². The van der Waals surface area contributed by atoms with E-state index in [0.29, 0.717) is 11.3 Å². The molecule has 0 aliphatic rings. The molecular weight excluding hydrogens is 381 g/mol. The van der Waals surface area contributed by atoms with Crippen molar-refractivity contribution in [3.63, 3.8) is 0 Å². The van der Waals surface area contributed by atoms with Gasteiger partial charge in [-0.1, -0.05) is 12.1 Å². The van der Waals surface area contributed by atoms with Crippen LogP contribution in [-0.2, 0) is 21.4 Å². The third-order valence-electron chi connectivity index (χ3n) is 3.91. The van der Waals surface area contributed by atoms with Gasteiger partial charge in [0, 0.05) is 25.0 Å². The van der Waals surface area contributed by atoms with Gasteiger partial charge in [0.05, 0.1) is 17.1 Å². The molecule has 0 aliphatic heterocycles. The Morgan fingerprint density at radius 3 is 2.46 bits per heavy atom. The molecule has 6 nitrogen and oxygen atoms in total. The van der Waals surface area contributed by atoms with Crippen LogP contribution in [0.3, 0.4) is 0 Å². The minimum Gasteiger partial charge on any atom is -0.326 e. The summed E-state index contributed by atoms with van der Waals surface area (Å²) in [7, 11) is -3.99. The zero-order valence-electron chi connectivity index (χ0n) is 15.0. The van der Waals surface area contributed by atoms with Crippen molar-refractivity contribution in [3.8, 4) is 0 Å². The van der Waals surface area contributed by atoms with Gasteiger partial charge in [-0.3, -0.25) is 14.1 Å². The summed E-state index contributed by atoms with van der Waals surface area (Å²) >= 11 is 0. The Labute approximate surface area is 162 Å². The van der Waals surface area contributed by atoms with Crippen molar-refractivity contribution in [2.45, 2.75) is 18.4 Å². The number of carbonyl (C=O) groups is 1. The average Bonchev–Trinajstić information content (AvgIpc) is 2.67. The van der Waals surface area contributed by atoms with Crippen molar-refractivity contribution in [1.29, 1.82) is 0 Å². The van der Waals surface area contributed by atoms with Crippen LogP contribution >= 0.6 is 0 Å². The predicted octanol–water partition coefficient (Wildman–Crippen LogP) is 3.57. The van der Waals surface area contributed by atoms with Crippen LogP contribution in [0.4, 0.5) is 15.8 Å². The van der Waals surface area contributed by atoms with Gasteiger partial charge in [-0.25, -0.2) is 12.8 Å². The number of carbonyl (C=O) groups excluding carboxylic acids is 1. The molecule has 1 aromatic heterocycles. The number of nitrogens with one attached hydrogen (secondary N) is 1. The van der Waals surface area contributed by atoms with E-state index in [1.807, 2.05) is 0 Å². The Morgan fingerprint density at radius 2 is 1.86 bits per heavy atom. The molecule has 0 saturated heterocycles. The summed E-state index contributed by atoms with van der Waals surface area (Å²) in [6.07, 6.45) is 3.15. The first-order valence-corrected chi connectivity index (χ1v) is 9.85. The molecule has 1 heterocycles. The zero-order chi connectivity index (χ0) is 20.1. The van der Waals surface area contributed by atoms with E-state index in [2.05, 4.69) is 10.3 Å². The van der Waals surface area contributed by atoms with E-state index in [0.717, 1.165) is 4.31 Å². The SMILES string of the molecule is CC(=O)Nc1ccc(S(=O)(=O)N(Cc2cccnc2)c2cccc(F)c2)cc1. The van der Waals surface area contributed by atoms with Crippen LogP contribution in [0.25, 0.3) is 0 Å². The molecule has 1 N–H and O–H groups in total. The van der Waals surface area contributed by atoms with E-state index in [1.165, 1.54) is 55.5 Å². The maximum absolute atomic E-state index is 13.8. The first-order valence-electron chi connectivity index (χ1n) is 8.41. The normalized spacial score (nSPS) is 11.1. The van der Waals surface area contributed by atoms with Gasteiger partial charge >= 0.3 is 0 Å². The number of nitrogens with zero attached hydrogens (tertiary/aromatic N) is 2. The van der Waals surface area contributed by atoms with Crippen LogP contribution in [0.2, 0.25) is 0 Å². The first kappa shape index (κ1) is 19.5. The van der Waals surface area contributed by atoms with Gasteiger partial charge in [-0.05, 0) is 54.1 Å². The molecule has 3 rings (SSSR count). The number of hydrogen-bond donors (Lipinski definition) is 1. The fraction of sp³-hybridized carbons (Fsp3) is 0.100. The third-order valence-corrected chi connectivity index (χ3v) is 5.70. The van der Waals surface area contributed by atoms with Gasteiger partial charge < -0.3 is 5.32 Å². The van der Waals surface area contributed by atoms with Crippen molar-refractivity contribution in [1.82, 2.24) is 4.98 Å². The fourth-order valence-electron chi connectivity index (χ4n) is 2.64. The molecule has 0 atom stereocenters. The average molecular weight is 399 g/mol. The minimum absolute atomic E-state index is 0.00687. The Balaban J connectivity index is 2.01. The summed E-state index contributed by atoms with van der Waals surface area (Å²) in [5, 5.41) is 2.59. The Bertz CT molecular complexity index is 1070. The maximum atomic E-state index is 13.8. The van der Waals surface area contributed by atoms with E-state index < -0.39 is 15.8 Å². The number of aromatic nitrogens is 1. The highest BCUT2D eigenvalue weighted by Crippen LogP contribution is 2.27. The van der Waals surface area contributed by atoms with Gasteiger partial charge in [0.1, 0.15) is 5.82 Å². The number of rotatable bonds is 6. The topological polar surface area (TPSA) is 79.4 Å². The Morgan fingerprint density at radius 1 is 1.11 bits per heavy atom. The zero-order valence-corrected chi connectivity index (χ0v) is 15.9. The Kier molecular flexibility index (Phi) is 5.70. The number of sulfonamides is 1. The number of amides is 1. The molecule has 28 heavy (non-hydrogen) atoms. The largest absolute Gasteiger partial charge is 0.326 e. The van der Waals surface area contributed by atoms with Crippen molar-refractivity contribution in [2.24, 2.45) is 0 Å². The van der Waals surface area contributed by atoms with Crippen molar-refractivity contribution in [2.75, 3.05) is 9.62 Å². The lowest BCUT2D eigenvalue weighted by atomic mass is 10.2. The second-order valence-corrected chi connectivity index (χ2v) is 7.92. The molecule has 2 aromatic carbocycles. The smallest absolute Gasteiger partial charge is 0.264 e. The van der Waals surface area contributed by atoms with Gasteiger partial charge in [-0.15, -0.1) is 0 Å². The second kappa shape index (κ2) is 8.18. The highest BCUT2D eigenvalue weighted by Gasteiger charge is 2.25. The molecule has 0 spiro atoms. The minimum atomic E-state index is -3.99. The van der Waals surface area contributed by atoms with Crippen LogP contribution in [0.1, 0.15) is 12.5 Å². The quantitative estimate of drug-likeness (QED) is 0.687. The molecular formula is C20H18FN3O3S. The lowest BCUT2D eigenvalue weighted by Crippen LogP contribution is -2.30. The summed E-state index contributed by atoms with van der Waals surface area (Å²) in [5.74, 6) is -0.793. The number of halogens is 1. The van der Waals surface area contributed by atoms with Gasteiger partial charge in [0.15, 0.2) is 0 Å².